The van der Waals surface area contributed by atoms with E-state index in [4.69, 9.17) is 0 Å². The zero-order valence-corrected chi connectivity index (χ0v) is 10.2. The maximum absolute atomic E-state index is 11.3. The molecule has 2 aromatic rings. The Labute approximate surface area is 107 Å². The highest BCUT2D eigenvalue weighted by Gasteiger charge is 2.20. The van der Waals surface area contributed by atoms with Crippen LogP contribution < -0.4 is 0 Å². The molecule has 0 aliphatic rings. The predicted octanol–water partition coefficient (Wildman–Crippen LogP) is 3.02. The lowest BCUT2D eigenvalue weighted by Gasteiger charge is -2.12. The molecule has 17 heavy (non-hydrogen) atoms. The van der Waals surface area contributed by atoms with Crippen LogP contribution in [0.25, 0.3) is 0 Å². The first-order valence-corrected chi connectivity index (χ1v) is 5.12. The molecule has 0 heterocycles. The highest BCUT2D eigenvalue weighted by Crippen LogP contribution is 2.24. The number of hydrogen-bond acceptors (Lipinski definition) is 1. The smallest absolute Gasteiger partial charge is 0.315 e. The van der Waals surface area contributed by atoms with E-state index in [1.165, 1.54) is 0 Å². The second kappa shape index (κ2) is 6.11. The third-order valence-corrected chi connectivity index (χ3v) is 2.51. The molecule has 0 unspecified atom stereocenters. The Morgan fingerprint density at radius 3 is 1.47 bits per heavy atom. The van der Waals surface area contributed by atoms with Crippen molar-refractivity contribution in [3.8, 4) is 0 Å². The van der Waals surface area contributed by atoms with Gasteiger partial charge in [-0.1, -0.05) is 60.7 Å². The van der Waals surface area contributed by atoms with Crippen molar-refractivity contribution in [3.63, 3.8) is 0 Å². The van der Waals surface area contributed by atoms with Gasteiger partial charge in [0.25, 0.3) is 0 Å². The first-order valence-electron chi connectivity index (χ1n) is 5.12. The molecule has 0 fully saturated rings. The van der Waals surface area contributed by atoms with Gasteiger partial charge < -0.3 is 5.11 Å². The van der Waals surface area contributed by atoms with E-state index < -0.39 is 11.9 Å². The van der Waals surface area contributed by atoms with Gasteiger partial charge in [0.2, 0.25) is 0 Å². The van der Waals surface area contributed by atoms with Gasteiger partial charge in [0.05, 0.1) is 0 Å². The predicted molar refractivity (Wildman–Crippen MR) is 72.7 cm³/mol. The molecule has 0 bridgehead atoms. The SMILES string of the molecule is O=C(O)C(c1ccccc1)c1ccccc1.S. The summed E-state index contributed by atoms with van der Waals surface area (Å²) in [5, 5.41) is 9.28. The molecule has 1 N–H and O–H groups in total. The highest BCUT2D eigenvalue weighted by atomic mass is 32.1. The second-order valence-corrected chi connectivity index (χ2v) is 3.59. The molecule has 0 aliphatic heterocycles. The molecule has 0 aliphatic carbocycles. The highest BCUT2D eigenvalue weighted by molar-refractivity contribution is 7.59. The Morgan fingerprint density at radius 1 is 0.824 bits per heavy atom. The Bertz CT molecular complexity index is 429. The average Bonchev–Trinajstić information content (AvgIpc) is 2.31. The van der Waals surface area contributed by atoms with Crippen LogP contribution in [0.4, 0.5) is 0 Å². The van der Waals surface area contributed by atoms with Crippen molar-refractivity contribution < 1.29 is 9.90 Å². The topological polar surface area (TPSA) is 37.3 Å². The normalized spacial score (nSPS) is 9.71. The van der Waals surface area contributed by atoms with Gasteiger partial charge in [-0.05, 0) is 11.1 Å². The molecule has 0 atom stereocenters. The first-order chi connectivity index (χ1) is 7.79. The fraction of sp³-hybridized carbons (Fsp3) is 0.0714. The van der Waals surface area contributed by atoms with Gasteiger partial charge in [-0.3, -0.25) is 4.79 Å². The quantitative estimate of drug-likeness (QED) is 0.904. The van der Waals surface area contributed by atoms with E-state index in [9.17, 15) is 9.90 Å². The summed E-state index contributed by atoms with van der Waals surface area (Å²) in [5.41, 5.74) is 1.61. The Hall–Kier alpha value is -1.74. The maximum Gasteiger partial charge on any atom is 0.315 e. The summed E-state index contributed by atoms with van der Waals surface area (Å²) < 4.78 is 0. The maximum atomic E-state index is 11.3. The number of hydrogen-bond donors (Lipinski definition) is 1. The summed E-state index contributed by atoms with van der Waals surface area (Å²) in [7, 11) is 0. The number of carbonyl (C=O) groups is 1. The molecular formula is C14H14O2S. The van der Waals surface area contributed by atoms with Crippen LogP contribution in [-0.4, -0.2) is 11.1 Å². The van der Waals surface area contributed by atoms with E-state index in [0.717, 1.165) is 11.1 Å². The van der Waals surface area contributed by atoms with Gasteiger partial charge in [-0.15, -0.1) is 0 Å². The van der Waals surface area contributed by atoms with E-state index in [2.05, 4.69) is 0 Å². The summed E-state index contributed by atoms with van der Waals surface area (Å²) in [6.07, 6.45) is 0. The van der Waals surface area contributed by atoms with Gasteiger partial charge in [0, 0.05) is 0 Å². The summed E-state index contributed by atoms with van der Waals surface area (Å²) >= 11 is 0. The van der Waals surface area contributed by atoms with Crippen LogP contribution in [0.15, 0.2) is 60.7 Å². The molecule has 0 spiro atoms. The lowest BCUT2D eigenvalue weighted by molar-refractivity contribution is -0.137. The van der Waals surface area contributed by atoms with E-state index in [1.54, 1.807) is 0 Å². The number of aliphatic carboxylic acids is 1. The monoisotopic (exact) mass is 246 g/mol. The molecule has 88 valence electrons. The second-order valence-electron chi connectivity index (χ2n) is 3.59. The van der Waals surface area contributed by atoms with Crippen LogP contribution >= 0.6 is 13.5 Å². The molecule has 0 saturated carbocycles. The summed E-state index contributed by atoms with van der Waals surface area (Å²) in [5.74, 6) is -1.40. The van der Waals surface area contributed by atoms with Gasteiger partial charge in [-0.2, -0.15) is 13.5 Å². The van der Waals surface area contributed by atoms with E-state index in [-0.39, 0.29) is 13.5 Å². The number of carboxylic acid groups (broad SMARTS) is 1. The number of benzene rings is 2. The van der Waals surface area contributed by atoms with Crippen molar-refractivity contribution in [1.82, 2.24) is 0 Å². The lowest BCUT2D eigenvalue weighted by Crippen LogP contribution is -2.12. The van der Waals surface area contributed by atoms with Crippen molar-refractivity contribution in [2.24, 2.45) is 0 Å². The molecule has 0 radical (unpaired) electrons. The van der Waals surface area contributed by atoms with Crippen LogP contribution in [-0.2, 0) is 4.79 Å². The summed E-state index contributed by atoms with van der Waals surface area (Å²) in [4.78, 5) is 11.3. The third-order valence-electron chi connectivity index (χ3n) is 2.51. The fourth-order valence-electron chi connectivity index (χ4n) is 1.77. The first kappa shape index (κ1) is 13.3. The Morgan fingerprint density at radius 2 is 1.18 bits per heavy atom. The van der Waals surface area contributed by atoms with Crippen LogP contribution in [0.2, 0.25) is 0 Å². The molecule has 0 saturated heterocycles. The van der Waals surface area contributed by atoms with Crippen LogP contribution in [0.5, 0.6) is 0 Å². The van der Waals surface area contributed by atoms with Crippen LogP contribution in [0.1, 0.15) is 17.0 Å². The van der Waals surface area contributed by atoms with Gasteiger partial charge >= 0.3 is 5.97 Å². The molecular weight excluding hydrogens is 232 g/mol. The van der Waals surface area contributed by atoms with E-state index >= 15 is 0 Å². The third kappa shape index (κ3) is 3.11. The van der Waals surface area contributed by atoms with Crippen molar-refractivity contribution in [2.45, 2.75) is 5.92 Å². The van der Waals surface area contributed by atoms with Crippen molar-refractivity contribution in [2.75, 3.05) is 0 Å². The standard InChI is InChI=1S/C14H12O2.H2S/c15-14(16)13(11-7-3-1-4-8-11)12-9-5-2-6-10-12;/h1-10,13H,(H,15,16);1H2. The van der Waals surface area contributed by atoms with Crippen molar-refractivity contribution in [1.29, 1.82) is 0 Å². The largest absolute Gasteiger partial charge is 0.481 e. The average molecular weight is 246 g/mol. The van der Waals surface area contributed by atoms with Crippen LogP contribution in [0.3, 0.4) is 0 Å². The van der Waals surface area contributed by atoms with Gasteiger partial charge in [-0.25, -0.2) is 0 Å². The minimum atomic E-state index is -0.822. The fourth-order valence-corrected chi connectivity index (χ4v) is 1.77. The van der Waals surface area contributed by atoms with Crippen molar-refractivity contribution in [3.05, 3.63) is 71.8 Å². The summed E-state index contributed by atoms with van der Waals surface area (Å²) in [6, 6.07) is 18.5. The Balaban J connectivity index is 0.00000144. The van der Waals surface area contributed by atoms with Crippen LogP contribution in [0, 0.1) is 0 Å². The Kier molecular flexibility index (Phi) is 4.79. The molecule has 0 aromatic heterocycles. The lowest BCUT2D eigenvalue weighted by atomic mass is 9.92. The molecule has 2 nitrogen and oxygen atoms in total. The molecule has 3 heteroatoms. The minimum Gasteiger partial charge on any atom is -0.481 e. The molecule has 0 amide bonds. The molecule has 2 aromatic carbocycles. The van der Waals surface area contributed by atoms with E-state index in [0.29, 0.717) is 0 Å². The summed E-state index contributed by atoms with van der Waals surface area (Å²) in [6.45, 7) is 0. The number of carboxylic acids is 1. The van der Waals surface area contributed by atoms with Gasteiger partial charge in [0.15, 0.2) is 0 Å². The molecule has 2 rings (SSSR count). The minimum absolute atomic E-state index is 0. The zero-order chi connectivity index (χ0) is 11.4. The number of rotatable bonds is 3. The van der Waals surface area contributed by atoms with Crippen molar-refractivity contribution >= 4 is 19.5 Å². The zero-order valence-electron chi connectivity index (χ0n) is 9.21. The van der Waals surface area contributed by atoms with E-state index in [1.807, 2.05) is 60.7 Å². The van der Waals surface area contributed by atoms with Gasteiger partial charge in [0.1, 0.15) is 5.92 Å².